The zero-order valence-electron chi connectivity index (χ0n) is 9.65. The Morgan fingerprint density at radius 3 is 2.78 bits per heavy atom. The molecule has 6 heteroatoms. The summed E-state index contributed by atoms with van der Waals surface area (Å²) in [6.45, 7) is 0.476. The van der Waals surface area contributed by atoms with Gasteiger partial charge in [-0.2, -0.15) is 5.90 Å². The largest absolute Gasteiger partial charge is 0.433 e. The molecule has 0 spiro atoms. The van der Waals surface area contributed by atoms with E-state index in [2.05, 4.69) is 9.82 Å². The van der Waals surface area contributed by atoms with Crippen LogP contribution in [0.3, 0.4) is 0 Å². The van der Waals surface area contributed by atoms with Crippen LogP contribution in [-0.2, 0) is 11.3 Å². The highest BCUT2D eigenvalue weighted by Gasteiger charge is 2.16. The summed E-state index contributed by atoms with van der Waals surface area (Å²) in [4.78, 5) is 21.6. The number of nitrogens with two attached hydrogens (primary N) is 1. The van der Waals surface area contributed by atoms with Crippen molar-refractivity contribution < 1.29 is 9.63 Å². The van der Waals surface area contributed by atoms with Crippen molar-refractivity contribution in [1.82, 2.24) is 4.98 Å². The number of benzene rings is 1. The molecule has 1 heterocycles. The van der Waals surface area contributed by atoms with Gasteiger partial charge in [-0.25, -0.2) is 9.78 Å². The van der Waals surface area contributed by atoms with Crippen LogP contribution in [0.2, 0.25) is 0 Å². The number of rotatable bonds is 4. The van der Waals surface area contributed by atoms with Crippen molar-refractivity contribution in [3.8, 4) is 0 Å². The van der Waals surface area contributed by atoms with Crippen molar-refractivity contribution in [2.75, 3.05) is 11.4 Å². The average Bonchev–Trinajstić information content (AvgIpc) is 2.93. The fourth-order valence-corrected chi connectivity index (χ4v) is 2.18. The van der Waals surface area contributed by atoms with E-state index < -0.39 is 6.09 Å². The van der Waals surface area contributed by atoms with E-state index in [1.807, 2.05) is 35.7 Å². The Bertz CT molecular complexity index is 487. The topological polar surface area (TPSA) is 68.5 Å². The number of hydrogen-bond acceptors (Lipinski definition) is 5. The Morgan fingerprint density at radius 1 is 1.39 bits per heavy atom. The zero-order chi connectivity index (χ0) is 12.8. The van der Waals surface area contributed by atoms with E-state index in [-0.39, 0.29) is 0 Å². The number of hydrogen-bond donors (Lipinski definition) is 1. The first-order valence-electron chi connectivity index (χ1n) is 5.41. The van der Waals surface area contributed by atoms with Crippen LogP contribution in [0.15, 0.2) is 41.2 Å². The second-order valence-electron chi connectivity index (χ2n) is 3.60. The van der Waals surface area contributed by atoms with Gasteiger partial charge in [0.2, 0.25) is 0 Å². The van der Waals surface area contributed by atoms with Crippen LogP contribution in [0.5, 0.6) is 0 Å². The lowest BCUT2D eigenvalue weighted by Crippen LogP contribution is -2.35. The van der Waals surface area contributed by atoms with Crippen LogP contribution in [0.4, 0.5) is 10.5 Å². The number of aromatic nitrogens is 1. The highest BCUT2D eigenvalue weighted by atomic mass is 32.1. The first-order chi connectivity index (χ1) is 8.81. The number of anilines is 1. The molecule has 2 rings (SSSR count). The monoisotopic (exact) mass is 263 g/mol. The molecule has 0 radical (unpaired) electrons. The molecule has 0 aliphatic rings. The third kappa shape index (κ3) is 3.06. The maximum atomic E-state index is 11.6. The van der Waals surface area contributed by atoms with E-state index in [9.17, 15) is 4.79 Å². The first-order valence-corrected chi connectivity index (χ1v) is 6.36. The maximum absolute atomic E-state index is 11.6. The van der Waals surface area contributed by atoms with Crippen molar-refractivity contribution in [2.45, 2.75) is 6.42 Å². The molecule has 0 aliphatic carbocycles. The van der Waals surface area contributed by atoms with E-state index in [1.165, 1.54) is 16.2 Å². The smallest absolute Gasteiger partial charge is 0.356 e. The summed E-state index contributed by atoms with van der Waals surface area (Å²) < 4.78 is 0. The molecule has 1 aromatic heterocycles. The molecular formula is C12H13N3O2S. The van der Waals surface area contributed by atoms with Gasteiger partial charge in [0.05, 0.1) is 11.2 Å². The normalized spacial score (nSPS) is 10.1. The van der Waals surface area contributed by atoms with Crippen LogP contribution in [0, 0.1) is 0 Å². The SMILES string of the molecule is NOC(=O)N(CCc1cscn1)c1ccccc1. The molecule has 18 heavy (non-hydrogen) atoms. The summed E-state index contributed by atoms with van der Waals surface area (Å²) in [6, 6.07) is 9.26. The second kappa shape index (κ2) is 6.13. The summed E-state index contributed by atoms with van der Waals surface area (Å²) >= 11 is 1.53. The average molecular weight is 263 g/mol. The predicted molar refractivity (Wildman–Crippen MR) is 70.3 cm³/mol. The molecule has 2 N–H and O–H groups in total. The molecule has 0 unspecified atom stereocenters. The van der Waals surface area contributed by atoms with Crippen molar-refractivity contribution >= 4 is 23.1 Å². The Hall–Kier alpha value is -1.92. The third-order valence-corrected chi connectivity index (χ3v) is 3.10. The number of amides is 1. The van der Waals surface area contributed by atoms with Crippen LogP contribution in [0.25, 0.3) is 0 Å². The van der Waals surface area contributed by atoms with E-state index in [4.69, 9.17) is 5.90 Å². The Morgan fingerprint density at radius 2 is 2.17 bits per heavy atom. The van der Waals surface area contributed by atoms with Crippen LogP contribution in [-0.4, -0.2) is 17.6 Å². The highest BCUT2D eigenvalue weighted by molar-refractivity contribution is 7.07. The first kappa shape index (κ1) is 12.5. The molecule has 0 bridgehead atoms. The van der Waals surface area contributed by atoms with Gasteiger partial charge in [-0.1, -0.05) is 18.2 Å². The van der Waals surface area contributed by atoms with Gasteiger partial charge in [0.1, 0.15) is 0 Å². The summed E-state index contributed by atoms with van der Waals surface area (Å²) in [7, 11) is 0. The van der Waals surface area contributed by atoms with Crippen LogP contribution < -0.4 is 10.8 Å². The summed E-state index contributed by atoms with van der Waals surface area (Å²) in [5.41, 5.74) is 3.47. The second-order valence-corrected chi connectivity index (χ2v) is 4.32. The van der Waals surface area contributed by atoms with Crippen molar-refractivity contribution in [3.63, 3.8) is 0 Å². The molecule has 1 amide bonds. The van der Waals surface area contributed by atoms with Gasteiger partial charge < -0.3 is 4.84 Å². The Labute approximate surface area is 109 Å². The molecule has 94 valence electrons. The van der Waals surface area contributed by atoms with E-state index in [0.29, 0.717) is 13.0 Å². The molecule has 0 saturated carbocycles. The lowest BCUT2D eigenvalue weighted by Gasteiger charge is -2.20. The molecular weight excluding hydrogens is 250 g/mol. The number of nitrogens with zero attached hydrogens (tertiary/aromatic N) is 2. The molecule has 0 atom stereocenters. The quantitative estimate of drug-likeness (QED) is 0.859. The Balaban J connectivity index is 2.09. The maximum Gasteiger partial charge on any atom is 0.433 e. The minimum Gasteiger partial charge on any atom is -0.356 e. The van der Waals surface area contributed by atoms with Gasteiger partial charge in [-0.3, -0.25) is 4.90 Å². The fraction of sp³-hybridized carbons (Fsp3) is 0.167. The predicted octanol–water partition coefficient (Wildman–Crippen LogP) is 2.20. The molecule has 1 aromatic carbocycles. The van der Waals surface area contributed by atoms with E-state index in [0.717, 1.165) is 11.4 Å². The molecule has 2 aromatic rings. The van der Waals surface area contributed by atoms with Gasteiger partial charge >= 0.3 is 6.09 Å². The molecule has 0 fully saturated rings. The number of para-hydroxylation sites is 1. The highest BCUT2D eigenvalue weighted by Crippen LogP contribution is 2.15. The minimum atomic E-state index is -0.573. The Kier molecular flexibility index (Phi) is 4.27. The van der Waals surface area contributed by atoms with Gasteiger partial charge in [0.15, 0.2) is 0 Å². The van der Waals surface area contributed by atoms with Crippen molar-refractivity contribution in [3.05, 3.63) is 46.9 Å². The molecule has 5 nitrogen and oxygen atoms in total. The van der Waals surface area contributed by atoms with Crippen LogP contribution >= 0.6 is 11.3 Å². The van der Waals surface area contributed by atoms with Crippen LogP contribution in [0.1, 0.15) is 5.69 Å². The van der Waals surface area contributed by atoms with Gasteiger partial charge in [-0.05, 0) is 12.1 Å². The lowest BCUT2D eigenvalue weighted by atomic mass is 10.2. The summed E-state index contributed by atoms with van der Waals surface area (Å²) in [5.74, 6) is 4.95. The van der Waals surface area contributed by atoms with Gasteiger partial charge in [0, 0.05) is 24.0 Å². The minimum absolute atomic E-state index is 0.476. The number of thiazole rings is 1. The third-order valence-electron chi connectivity index (χ3n) is 2.46. The van der Waals surface area contributed by atoms with Gasteiger partial charge in [-0.15, -0.1) is 11.3 Å². The van der Waals surface area contributed by atoms with Crippen molar-refractivity contribution in [1.29, 1.82) is 0 Å². The van der Waals surface area contributed by atoms with Crippen molar-refractivity contribution in [2.24, 2.45) is 5.90 Å². The van der Waals surface area contributed by atoms with E-state index >= 15 is 0 Å². The zero-order valence-corrected chi connectivity index (χ0v) is 10.5. The standard InChI is InChI=1S/C12H13N3O2S/c13-17-12(16)15(11-4-2-1-3-5-11)7-6-10-8-18-9-14-10/h1-5,8-9H,6-7,13H2. The summed E-state index contributed by atoms with van der Waals surface area (Å²) in [5, 5.41) is 1.96. The fourth-order valence-electron chi connectivity index (χ4n) is 1.58. The van der Waals surface area contributed by atoms with Gasteiger partial charge in [0.25, 0.3) is 0 Å². The lowest BCUT2D eigenvalue weighted by molar-refractivity contribution is 0.155. The number of carbonyl (C=O) groups excluding carboxylic acids is 1. The number of carbonyl (C=O) groups is 1. The van der Waals surface area contributed by atoms with E-state index in [1.54, 1.807) is 5.51 Å². The molecule has 0 saturated heterocycles. The molecule has 0 aliphatic heterocycles. The summed E-state index contributed by atoms with van der Waals surface area (Å²) in [6.07, 6.45) is 0.0875.